The molecule has 0 amide bonds. The summed E-state index contributed by atoms with van der Waals surface area (Å²) in [6, 6.07) is 0. The third-order valence-electron chi connectivity index (χ3n) is 1.36. The van der Waals surface area contributed by atoms with Gasteiger partial charge in [0.1, 0.15) is 10.7 Å². The highest BCUT2D eigenvalue weighted by atomic mass is 32.1. The first-order valence-electron chi connectivity index (χ1n) is 3.32. The maximum absolute atomic E-state index is 10.5. The minimum atomic E-state index is -1.04. The quantitative estimate of drug-likeness (QED) is 0.734. The second-order valence-electron chi connectivity index (χ2n) is 2.20. The molecular weight excluding hydrogens is 192 g/mol. The predicted molar refractivity (Wildman–Crippen MR) is 44.4 cm³/mol. The number of aromatic carboxylic acids is 1. The molecular formula is C6H4N4O2S. The zero-order valence-electron chi connectivity index (χ0n) is 6.26. The van der Waals surface area contributed by atoms with Crippen LogP contribution in [0.1, 0.15) is 10.5 Å². The molecule has 0 aliphatic heterocycles. The van der Waals surface area contributed by atoms with Crippen LogP contribution in [0.15, 0.2) is 11.6 Å². The van der Waals surface area contributed by atoms with Crippen molar-refractivity contribution in [1.82, 2.24) is 20.4 Å². The zero-order valence-corrected chi connectivity index (χ0v) is 7.08. The van der Waals surface area contributed by atoms with E-state index in [2.05, 4.69) is 20.4 Å². The number of hydrogen-bond acceptors (Lipinski definition) is 5. The van der Waals surface area contributed by atoms with Gasteiger partial charge in [0.15, 0.2) is 5.69 Å². The van der Waals surface area contributed by atoms with E-state index in [0.717, 1.165) is 0 Å². The van der Waals surface area contributed by atoms with Crippen molar-refractivity contribution in [3.05, 3.63) is 17.3 Å². The Balaban J connectivity index is 2.39. The highest BCUT2D eigenvalue weighted by Gasteiger charge is 2.11. The fourth-order valence-corrected chi connectivity index (χ4v) is 1.54. The maximum atomic E-state index is 10.5. The van der Waals surface area contributed by atoms with Crippen LogP contribution < -0.4 is 0 Å². The van der Waals surface area contributed by atoms with Gasteiger partial charge in [-0.25, -0.2) is 9.78 Å². The second kappa shape index (κ2) is 2.94. The van der Waals surface area contributed by atoms with E-state index < -0.39 is 5.97 Å². The molecule has 2 rings (SSSR count). The van der Waals surface area contributed by atoms with Gasteiger partial charge >= 0.3 is 5.97 Å². The molecule has 2 heterocycles. The molecule has 0 saturated carbocycles. The standard InChI is InChI=1S/C6H4N4O2S/c11-6(12)4-2-13-5(8-4)3-1-7-10-9-3/h1-2H,(H,11,12)(H,7,9,10). The summed E-state index contributed by atoms with van der Waals surface area (Å²) in [7, 11) is 0. The summed E-state index contributed by atoms with van der Waals surface area (Å²) < 4.78 is 0. The average molecular weight is 196 g/mol. The Morgan fingerprint density at radius 3 is 3.00 bits per heavy atom. The number of H-pyrrole nitrogens is 1. The van der Waals surface area contributed by atoms with Crippen LogP contribution in [-0.4, -0.2) is 31.5 Å². The first kappa shape index (κ1) is 7.87. The first-order valence-corrected chi connectivity index (χ1v) is 4.20. The summed E-state index contributed by atoms with van der Waals surface area (Å²) in [5.41, 5.74) is 0.584. The van der Waals surface area contributed by atoms with E-state index in [1.54, 1.807) is 0 Å². The van der Waals surface area contributed by atoms with Crippen LogP contribution in [0.2, 0.25) is 0 Å². The zero-order chi connectivity index (χ0) is 9.26. The van der Waals surface area contributed by atoms with Gasteiger partial charge in [0.05, 0.1) is 6.20 Å². The van der Waals surface area contributed by atoms with E-state index in [9.17, 15) is 4.79 Å². The summed E-state index contributed by atoms with van der Waals surface area (Å²) in [5, 5.41) is 20.4. The summed E-state index contributed by atoms with van der Waals surface area (Å²) in [6.45, 7) is 0. The minimum absolute atomic E-state index is 0.0306. The van der Waals surface area contributed by atoms with Gasteiger partial charge in [-0.1, -0.05) is 0 Å². The Morgan fingerprint density at radius 2 is 2.46 bits per heavy atom. The van der Waals surface area contributed by atoms with Gasteiger partial charge in [0.25, 0.3) is 0 Å². The number of rotatable bonds is 2. The van der Waals surface area contributed by atoms with Crippen molar-refractivity contribution in [2.45, 2.75) is 0 Å². The van der Waals surface area contributed by atoms with Crippen molar-refractivity contribution in [2.75, 3.05) is 0 Å². The Labute approximate surface area is 76.3 Å². The van der Waals surface area contributed by atoms with Crippen LogP contribution in [-0.2, 0) is 0 Å². The number of carboxylic acids is 1. The molecule has 0 bridgehead atoms. The monoisotopic (exact) mass is 196 g/mol. The van der Waals surface area contributed by atoms with Gasteiger partial charge in [0.2, 0.25) is 0 Å². The maximum Gasteiger partial charge on any atom is 0.355 e. The van der Waals surface area contributed by atoms with E-state index in [-0.39, 0.29) is 5.69 Å². The van der Waals surface area contributed by atoms with Gasteiger partial charge < -0.3 is 5.11 Å². The number of aromatic nitrogens is 4. The number of nitrogens with zero attached hydrogens (tertiary/aromatic N) is 3. The molecule has 13 heavy (non-hydrogen) atoms. The molecule has 6 nitrogen and oxygen atoms in total. The number of carboxylic acid groups (broad SMARTS) is 1. The lowest BCUT2D eigenvalue weighted by atomic mass is 10.5. The highest BCUT2D eigenvalue weighted by Crippen LogP contribution is 2.20. The van der Waals surface area contributed by atoms with Crippen LogP contribution in [0.5, 0.6) is 0 Å². The molecule has 2 aromatic heterocycles. The predicted octanol–water partition coefficient (Wildman–Crippen LogP) is 0.626. The smallest absolute Gasteiger partial charge is 0.355 e. The van der Waals surface area contributed by atoms with E-state index in [0.29, 0.717) is 10.7 Å². The van der Waals surface area contributed by atoms with Gasteiger partial charge in [-0.3, -0.25) is 0 Å². The summed E-state index contributed by atoms with van der Waals surface area (Å²) in [5.74, 6) is -1.04. The van der Waals surface area contributed by atoms with Gasteiger partial charge in [-0.15, -0.1) is 11.3 Å². The SMILES string of the molecule is O=C(O)c1csc(-c2cn[nH]n2)n1. The molecule has 0 radical (unpaired) electrons. The summed E-state index contributed by atoms with van der Waals surface area (Å²) >= 11 is 1.22. The molecule has 0 fully saturated rings. The Bertz CT molecular complexity index is 422. The van der Waals surface area contributed by atoms with Crippen LogP contribution in [0.3, 0.4) is 0 Å². The molecule has 0 aliphatic carbocycles. The highest BCUT2D eigenvalue weighted by molar-refractivity contribution is 7.13. The molecule has 2 N–H and O–H groups in total. The average Bonchev–Trinajstić information content (AvgIpc) is 2.75. The van der Waals surface area contributed by atoms with E-state index in [4.69, 9.17) is 5.11 Å². The topological polar surface area (TPSA) is 91.8 Å². The first-order chi connectivity index (χ1) is 6.27. The van der Waals surface area contributed by atoms with E-state index in [1.165, 1.54) is 22.9 Å². The molecule has 2 aromatic rings. The molecule has 0 aliphatic rings. The number of aromatic amines is 1. The van der Waals surface area contributed by atoms with Crippen LogP contribution in [0, 0.1) is 0 Å². The molecule has 0 unspecified atom stereocenters. The number of carbonyl (C=O) groups is 1. The van der Waals surface area contributed by atoms with E-state index in [1.807, 2.05) is 0 Å². The molecule has 66 valence electrons. The van der Waals surface area contributed by atoms with Crippen molar-refractivity contribution in [3.8, 4) is 10.7 Å². The second-order valence-corrected chi connectivity index (χ2v) is 3.06. The normalized spacial score (nSPS) is 10.2. The molecule has 0 atom stereocenters. The molecule has 0 saturated heterocycles. The molecule has 7 heteroatoms. The summed E-state index contributed by atoms with van der Waals surface area (Å²) in [4.78, 5) is 14.3. The fourth-order valence-electron chi connectivity index (χ4n) is 0.794. The third kappa shape index (κ3) is 1.41. The van der Waals surface area contributed by atoms with Crippen LogP contribution in [0.25, 0.3) is 10.7 Å². The number of thiazole rings is 1. The van der Waals surface area contributed by atoms with Gasteiger partial charge in [-0.2, -0.15) is 15.4 Å². The van der Waals surface area contributed by atoms with Gasteiger partial charge in [0, 0.05) is 5.38 Å². The van der Waals surface area contributed by atoms with Crippen molar-refractivity contribution in [2.24, 2.45) is 0 Å². The van der Waals surface area contributed by atoms with Crippen LogP contribution in [0.4, 0.5) is 0 Å². The minimum Gasteiger partial charge on any atom is -0.476 e. The number of hydrogen-bond donors (Lipinski definition) is 2. The largest absolute Gasteiger partial charge is 0.476 e. The fraction of sp³-hybridized carbons (Fsp3) is 0. The van der Waals surface area contributed by atoms with E-state index >= 15 is 0 Å². The lowest BCUT2D eigenvalue weighted by Gasteiger charge is -1.83. The number of nitrogens with one attached hydrogen (secondary N) is 1. The van der Waals surface area contributed by atoms with Crippen molar-refractivity contribution < 1.29 is 9.90 Å². The van der Waals surface area contributed by atoms with Crippen LogP contribution >= 0.6 is 11.3 Å². The third-order valence-corrected chi connectivity index (χ3v) is 2.22. The summed E-state index contributed by atoms with van der Waals surface area (Å²) in [6.07, 6.45) is 1.49. The Morgan fingerprint density at radius 1 is 1.62 bits per heavy atom. The molecule has 0 spiro atoms. The lowest BCUT2D eigenvalue weighted by Crippen LogP contribution is -1.95. The Kier molecular flexibility index (Phi) is 1.78. The Hall–Kier alpha value is -1.76. The van der Waals surface area contributed by atoms with Crippen molar-refractivity contribution in [1.29, 1.82) is 0 Å². The molecule has 0 aromatic carbocycles. The van der Waals surface area contributed by atoms with Crippen molar-refractivity contribution in [3.63, 3.8) is 0 Å². The lowest BCUT2D eigenvalue weighted by molar-refractivity contribution is 0.0691. The van der Waals surface area contributed by atoms with Gasteiger partial charge in [-0.05, 0) is 0 Å². The van der Waals surface area contributed by atoms with Crippen molar-refractivity contribution >= 4 is 17.3 Å².